The van der Waals surface area contributed by atoms with E-state index in [0.29, 0.717) is 24.0 Å². The first-order chi connectivity index (χ1) is 9.16. The first-order valence-corrected chi connectivity index (χ1v) is 7.39. The van der Waals surface area contributed by atoms with Gasteiger partial charge >= 0.3 is 0 Å². The summed E-state index contributed by atoms with van der Waals surface area (Å²) in [4.78, 5) is 14.2. The molecule has 0 bridgehead atoms. The van der Waals surface area contributed by atoms with Gasteiger partial charge in [-0.1, -0.05) is 30.3 Å². The number of nitrogens with zero attached hydrogens (tertiary/aromatic N) is 1. The SMILES string of the molecule is CN(C)CCC(=O)C1CCC(c2ccccc2)CC1. The Balaban J connectivity index is 1.81. The van der Waals surface area contributed by atoms with Crippen LogP contribution in [0.4, 0.5) is 0 Å². The van der Waals surface area contributed by atoms with Crippen LogP contribution in [-0.2, 0) is 4.79 Å². The normalized spacial score (nSPS) is 23.5. The lowest BCUT2D eigenvalue weighted by Gasteiger charge is -2.28. The summed E-state index contributed by atoms with van der Waals surface area (Å²) in [6, 6.07) is 10.7. The number of hydrogen-bond donors (Lipinski definition) is 0. The van der Waals surface area contributed by atoms with Gasteiger partial charge in [0.05, 0.1) is 0 Å². The molecule has 1 aromatic carbocycles. The van der Waals surface area contributed by atoms with Crippen molar-refractivity contribution in [3.05, 3.63) is 35.9 Å². The Morgan fingerprint density at radius 3 is 2.32 bits per heavy atom. The minimum absolute atomic E-state index is 0.319. The minimum Gasteiger partial charge on any atom is -0.309 e. The molecule has 1 aliphatic carbocycles. The summed E-state index contributed by atoms with van der Waals surface area (Å²) >= 11 is 0. The van der Waals surface area contributed by atoms with E-state index in [9.17, 15) is 4.79 Å². The number of hydrogen-bond acceptors (Lipinski definition) is 2. The predicted octanol–water partition coefficient (Wildman–Crippen LogP) is 3.48. The first-order valence-electron chi connectivity index (χ1n) is 7.39. The zero-order valence-electron chi connectivity index (χ0n) is 12.1. The average Bonchev–Trinajstić information content (AvgIpc) is 2.46. The highest BCUT2D eigenvalue weighted by Crippen LogP contribution is 2.36. The second-order valence-corrected chi connectivity index (χ2v) is 5.98. The molecule has 1 fully saturated rings. The average molecular weight is 259 g/mol. The van der Waals surface area contributed by atoms with Gasteiger partial charge < -0.3 is 4.90 Å². The summed E-state index contributed by atoms with van der Waals surface area (Å²) in [7, 11) is 4.05. The number of benzene rings is 1. The Labute approximate surface area is 116 Å². The van der Waals surface area contributed by atoms with E-state index >= 15 is 0 Å². The van der Waals surface area contributed by atoms with Crippen molar-refractivity contribution < 1.29 is 4.79 Å². The topological polar surface area (TPSA) is 20.3 Å². The van der Waals surface area contributed by atoms with Crippen LogP contribution < -0.4 is 0 Å². The molecule has 0 heterocycles. The Kier molecular flexibility index (Phi) is 5.15. The van der Waals surface area contributed by atoms with E-state index in [1.165, 1.54) is 18.4 Å². The quantitative estimate of drug-likeness (QED) is 0.807. The van der Waals surface area contributed by atoms with E-state index in [4.69, 9.17) is 0 Å². The van der Waals surface area contributed by atoms with Gasteiger partial charge in [-0.05, 0) is 51.3 Å². The molecular formula is C17H25NO. The predicted molar refractivity (Wildman–Crippen MR) is 79.3 cm³/mol. The highest BCUT2D eigenvalue weighted by molar-refractivity contribution is 5.81. The van der Waals surface area contributed by atoms with E-state index in [-0.39, 0.29) is 0 Å². The van der Waals surface area contributed by atoms with Gasteiger partial charge in [0.15, 0.2) is 0 Å². The Bertz CT molecular complexity index is 391. The number of rotatable bonds is 5. The molecule has 0 N–H and O–H groups in total. The Hall–Kier alpha value is -1.15. The highest BCUT2D eigenvalue weighted by atomic mass is 16.1. The number of carbonyl (C=O) groups is 1. The molecule has 1 aromatic rings. The highest BCUT2D eigenvalue weighted by Gasteiger charge is 2.26. The molecule has 1 saturated carbocycles. The van der Waals surface area contributed by atoms with Gasteiger partial charge in [0.2, 0.25) is 0 Å². The molecule has 0 atom stereocenters. The lowest BCUT2D eigenvalue weighted by atomic mass is 9.77. The monoisotopic (exact) mass is 259 g/mol. The molecule has 2 heteroatoms. The number of carbonyl (C=O) groups excluding carboxylic acids is 1. The molecule has 19 heavy (non-hydrogen) atoms. The molecule has 1 aliphatic rings. The maximum atomic E-state index is 12.1. The van der Waals surface area contributed by atoms with Crippen LogP contribution >= 0.6 is 0 Å². The van der Waals surface area contributed by atoms with Crippen molar-refractivity contribution in [3.8, 4) is 0 Å². The summed E-state index contributed by atoms with van der Waals surface area (Å²) in [5, 5.41) is 0. The van der Waals surface area contributed by atoms with Gasteiger partial charge in [0.1, 0.15) is 5.78 Å². The smallest absolute Gasteiger partial charge is 0.137 e. The molecule has 0 amide bonds. The molecule has 0 aromatic heterocycles. The van der Waals surface area contributed by atoms with Crippen LogP contribution in [0.15, 0.2) is 30.3 Å². The van der Waals surface area contributed by atoms with Gasteiger partial charge in [-0.15, -0.1) is 0 Å². The van der Waals surface area contributed by atoms with Crippen LogP contribution in [0.1, 0.15) is 43.6 Å². The van der Waals surface area contributed by atoms with Gasteiger partial charge in [-0.3, -0.25) is 4.79 Å². The van der Waals surface area contributed by atoms with Crippen LogP contribution in [0, 0.1) is 5.92 Å². The molecule has 104 valence electrons. The molecule has 0 radical (unpaired) electrons. The zero-order chi connectivity index (χ0) is 13.7. The summed E-state index contributed by atoms with van der Waals surface area (Å²) in [5.41, 5.74) is 1.45. The fourth-order valence-corrected chi connectivity index (χ4v) is 3.01. The molecule has 0 unspecified atom stereocenters. The van der Waals surface area contributed by atoms with E-state index in [1.807, 2.05) is 14.1 Å². The second kappa shape index (κ2) is 6.85. The number of Topliss-reactive ketones (excluding diaryl/α,β-unsaturated/α-hetero) is 1. The molecule has 2 nitrogen and oxygen atoms in total. The third-order valence-corrected chi connectivity index (χ3v) is 4.26. The molecule has 0 spiro atoms. The van der Waals surface area contributed by atoms with Crippen molar-refractivity contribution in [2.24, 2.45) is 5.92 Å². The van der Waals surface area contributed by atoms with Crippen LogP contribution in [0.25, 0.3) is 0 Å². The van der Waals surface area contributed by atoms with Crippen LogP contribution in [0.3, 0.4) is 0 Å². The van der Waals surface area contributed by atoms with Gasteiger partial charge in [-0.2, -0.15) is 0 Å². The van der Waals surface area contributed by atoms with Crippen molar-refractivity contribution in [1.29, 1.82) is 0 Å². The Morgan fingerprint density at radius 2 is 1.74 bits per heavy atom. The maximum absolute atomic E-state index is 12.1. The first kappa shape index (κ1) is 14.3. The fourth-order valence-electron chi connectivity index (χ4n) is 3.01. The van der Waals surface area contributed by atoms with E-state index in [0.717, 1.165) is 19.4 Å². The van der Waals surface area contributed by atoms with E-state index < -0.39 is 0 Å². The zero-order valence-corrected chi connectivity index (χ0v) is 12.1. The van der Waals surface area contributed by atoms with Gasteiger partial charge in [0.25, 0.3) is 0 Å². The van der Waals surface area contributed by atoms with Gasteiger partial charge in [0, 0.05) is 18.9 Å². The Morgan fingerprint density at radius 1 is 1.11 bits per heavy atom. The minimum atomic E-state index is 0.319. The maximum Gasteiger partial charge on any atom is 0.137 e. The van der Waals surface area contributed by atoms with Crippen LogP contribution in [-0.4, -0.2) is 31.3 Å². The standard InChI is InChI=1S/C17H25NO/c1-18(2)13-12-17(19)16-10-8-15(9-11-16)14-6-4-3-5-7-14/h3-7,15-16H,8-13H2,1-2H3. The molecule has 0 saturated heterocycles. The summed E-state index contributed by atoms with van der Waals surface area (Å²) < 4.78 is 0. The molecule has 0 aliphatic heterocycles. The van der Waals surface area contributed by atoms with Crippen LogP contribution in [0.5, 0.6) is 0 Å². The van der Waals surface area contributed by atoms with Crippen molar-refractivity contribution in [2.45, 2.75) is 38.0 Å². The molecule has 2 rings (SSSR count). The summed E-state index contributed by atoms with van der Waals surface area (Å²) in [6.45, 7) is 0.886. The lowest BCUT2D eigenvalue weighted by molar-refractivity contribution is -0.124. The van der Waals surface area contributed by atoms with Gasteiger partial charge in [-0.25, -0.2) is 0 Å². The largest absolute Gasteiger partial charge is 0.309 e. The fraction of sp³-hybridized carbons (Fsp3) is 0.588. The molecular weight excluding hydrogens is 234 g/mol. The lowest BCUT2D eigenvalue weighted by Crippen LogP contribution is -2.24. The third kappa shape index (κ3) is 4.17. The van der Waals surface area contributed by atoms with Crippen molar-refractivity contribution >= 4 is 5.78 Å². The summed E-state index contributed by atoms with van der Waals surface area (Å²) in [5.74, 6) is 1.46. The second-order valence-electron chi connectivity index (χ2n) is 5.98. The summed E-state index contributed by atoms with van der Waals surface area (Å²) in [6.07, 6.45) is 5.20. The van der Waals surface area contributed by atoms with Crippen molar-refractivity contribution in [3.63, 3.8) is 0 Å². The van der Waals surface area contributed by atoms with Crippen molar-refractivity contribution in [1.82, 2.24) is 4.90 Å². The van der Waals surface area contributed by atoms with E-state index in [1.54, 1.807) is 0 Å². The van der Waals surface area contributed by atoms with E-state index in [2.05, 4.69) is 35.2 Å². The number of ketones is 1. The van der Waals surface area contributed by atoms with Crippen molar-refractivity contribution in [2.75, 3.05) is 20.6 Å². The van der Waals surface area contributed by atoms with Crippen LogP contribution in [0.2, 0.25) is 0 Å². The third-order valence-electron chi connectivity index (χ3n) is 4.26.